The molecule has 0 aliphatic rings. The lowest BCUT2D eigenvalue weighted by atomic mass is 10.0. The number of aromatic nitrogens is 1. The molecule has 4 aromatic rings. The fourth-order valence-electron chi connectivity index (χ4n) is 2.68. The zero-order chi connectivity index (χ0) is 14.4. The van der Waals surface area contributed by atoms with Crippen molar-refractivity contribution < 1.29 is 5.11 Å². The Hall–Kier alpha value is -1.62. The first kappa shape index (κ1) is 13.1. The van der Waals surface area contributed by atoms with Gasteiger partial charge in [0, 0.05) is 26.7 Å². The van der Waals surface area contributed by atoms with Gasteiger partial charge in [-0.3, -0.25) is 0 Å². The van der Waals surface area contributed by atoms with Crippen LogP contribution < -0.4 is 0 Å². The van der Waals surface area contributed by atoms with Crippen molar-refractivity contribution in [1.29, 1.82) is 0 Å². The van der Waals surface area contributed by atoms with Crippen molar-refractivity contribution in [2.24, 2.45) is 0 Å². The first-order valence-electron chi connectivity index (χ1n) is 6.66. The fourth-order valence-corrected chi connectivity index (χ4v) is 4.11. The van der Waals surface area contributed by atoms with Crippen LogP contribution in [-0.4, -0.2) is 10.1 Å². The zero-order valence-electron chi connectivity index (χ0n) is 11.0. The van der Waals surface area contributed by atoms with Crippen molar-refractivity contribution in [3.05, 3.63) is 68.8 Å². The van der Waals surface area contributed by atoms with Crippen molar-refractivity contribution in [2.45, 2.75) is 6.10 Å². The number of H-pyrrole nitrogens is 1. The van der Waals surface area contributed by atoms with E-state index in [4.69, 9.17) is 0 Å². The van der Waals surface area contributed by atoms with Gasteiger partial charge >= 0.3 is 0 Å². The van der Waals surface area contributed by atoms with Gasteiger partial charge in [-0.2, -0.15) is 0 Å². The minimum absolute atomic E-state index is 0.584. The molecule has 2 heterocycles. The van der Waals surface area contributed by atoms with Crippen molar-refractivity contribution in [3.63, 3.8) is 0 Å². The van der Waals surface area contributed by atoms with Crippen molar-refractivity contribution in [2.75, 3.05) is 0 Å². The van der Waals surface area contributed by atoms with Gasteiger partial charge < -0.3 is 10.1 Å². The monoisotopic (exact) mass is 357 g/mol. The lowest BCUT2D eigenvalue weighted by molar-refractivity contribution is 0.224. The Morgan fingerprint density at radius 1 is 0.952 bits per heavy atom. The quantitative estimate of drug-likeness (QED) is 0.506. The second-order valence-corrected chi connectivity index (χ2v) is 7.51. The molecule has 104 valence electrons. The molecule has 2 aromatic heterocycles. The number of fused-ring (bicyclic) bond motifs is 3. The fraction of sp³-hybridized carbons (Fsp3) is 0.0588. The number of aromatic amines is 1. The number of aliphatic hydroxyl groups excluding tert-OH is 1. The molecule has 2 aromatic carbocycles. The van der Waals surface area contributed by atoms with Crippen LogP contribution in [0.1, 0.15) is 16.5 Å². The van der Waals surface area contributed by atoms with Crippen LogP contribution in [0.4, 0.5) is 0 Å². The number of hydrogen-bond donors (Lipinski definition) is 2. The number of thiophene rings is 1. The molecule has 0 saturated carbocycles. The molecule has 1 atom stereocenters. The smallest absolute Gasteiger partial charge is 0.113 e. The molecular weight excluding hydrogens is 346 g/mol. The van der Waals surface area contributed by atoms with E-state index in [1.54, 1.807) is 11.3 Å². The molecule has 0 aliphatic heterocycles. The maximum atomic E-state index is 10.6. The van der Waals surface area contributed by atoms with Crippen LogP contribution in [-0.2, 0) is 0 Å². The van der Waals surface area contributed by atoms with E-state index in [9.17, 15) is 5.11 Å². The summed E-state index contributed by atoms with van der Waals surface area (Å²) in [4.78, 5) is 4.35. The SMILES string of the molecule is OC(c1ccc2[nH]c3ccccc3c2c1)c1ccc(Br)s1. The lowest BCUT2D eigenvalue weighted by Crippen LogP contribution is -1.96. The van der Waals surface area contributed by atoms with Crippen LogP contribution in [0.15, 0.2) is 58.4 Å². The predicted octanol–water partition coefficient (Wildman–Crippen LogP) is 5.23. The van der Waals surface area contributed by atoms with E-state index in [1.807, 2.05) is 36.4 Å². The molecule has 0 aliphatic carbocycles. The van der Waals surface area contributed by atoms with E-state index < -0.39 is 6.10 Å². The minimum Gasteiger partial charge on any atom is -0.383 e. The van der Waals surface area contributed by atoms with Gasteiger partial charge in [0.1, 0.15) is 6.10 Å². The Morgan fingerprint density at radius 2 is 1.76 bits per heavy atom. The molecule has 2 N–H and O–H groups in total. The van der Waals surface area contributed by atoms with Crippen molar-refractivity contribution >= 4 is 49.1 Å². The molecule has 0 saturated heterocycles. The summed E-state index contributed by atoms with van der Waals surface area (Å²) >= 11 is 5.00. The summed E-state index contributed by atoms with van der Waals surface area (Å²) in [5.74, 6) is 0. The predicted molar refractivity (Wildman–Crippen MR) is 91.9 cm³/mol. The molecule has 0 spiro atoms. The minimum atomic E-state index is -0.584. The van der Waals surface area contributed by atoms with E-state index >= 15 is 0 Å². The van der Waals surface area contributed by atoms with Crippen LogP contribution >= 0.6 is 27.3 Å². The summed E-state index contributed by atoms with van der Waals surface area (Å²) in [5.41, 5.74) is 3.14. The molecule has 0 radical (unpaired) electrons. The van der Waals surface area contributed by atoms with Crippen LogP contribution in [0.25, 0.3) is 21.8 Å². The van der Waals surface area contributed by atoms with Gasteiger partial charge in [0.15, 0.2) is 0 Å². The summed E-state index contributed by atoms with van der Waals surface area (Å²) in [7, 11) is 0. The maximum absolute atomic E-state index is 10.6. The normalized spacial score (nSPS) is 13.0. The average molecular weight is 358 g/mol. The van der Waals surface area contributed by atoms with Gasteiger partial charge in [-0.1, -0.05) is 24.3 Å². The molecule has 2 nitrogen and oxygen atoms in total. The molecule has 1 unspecified atom stereocenters. The standard InChI is InChI=1S/C17H12BrNOS/c18-16-8-7-15(21-16)17(20)10-5-6-14-12(9-10)11-3-1-2-4-13(11)19-14/h1-9,17,19-20H. The largest absolute Gasteiger partial charge is 0.383 e. The number of para-hydroxylation sites is 1. The van der Waals surface area contributed by atoms with E-state index in [-0.39, 0.29) is 0 Å². The van der Waals surface area contributed by atoms with Crippen LogP contribution in [0.5, 0.6) is 0 Å². The Morgan fingerprint density at radius 3 is 2.57 bits per heavy atom. The second kappa shape index (κ2) is 4.98. The highest BCUT2D eigenvalue weighted by molar-refractivity contribution is 9.11. The number of hydrogen-bond acceptors (Lipinski definition) is 2. The zero-order valence-corrected chi connectivity index (χ0v) is 13.4. The molecule has 0 bridgehead atoms. The van der Waals surface area contributed by atoms with Gasteiger partial charge in [0.2, 0.25) is 0 Å². The van der Waals surface area contributed by atoms with E-state index in [2.05, 4.69) is 39.1 Å². The summed E-state index contributed by atoms with van der Waals surface area (Å²) in [6, 6.07) is 18.3. The third kappa shape index (κ3) is 2.20. The van der Waals surface area contributed by atoms with Gasteiger partial charge in [0.05, 0.1) is 3.79 Å². The maximum Gasteiger partial charge on any atom is 0.113 e. The van der Waals surface area contributed by atoms with Gasteiger partial charge in [0.25, 0.3) is 0 Å². The third-order valence-corrected chi connectivity index (χ3v) is 5.39. The van der Waals surface area contributed by atoms with Gasteiger partial charge in [-0.25, -0.2) is 0 Å². The van der Waals surface area contributed by atoms with Crippen LogP contribution in [0.2, 0.25) is 0 Å². The lowest BCUT2D eigenvalue weighted by Gasteiger charge is -2.09. The Bertz CT molecular complexity index is 940. The Balaban J connectivity index is 1.88. The highest BCUT2D eigenvalue weighted by atomic mass is 79.9. The summed E-state index contributed by atoms with van der Waals surface area (Å²) in [6.07, 6.45) is -0.584. The van der Waals surface area contributed by atoms with Crippen LogP contribution in [0.3, 0.4) is 0 Å². The number of aliphatic hydroxyl groups is 1. The number of halogens is 1. The average Bonchev–Trinajstić information content (AvgIpc) is 3.09. The molecule has 21 heavy (non-hydrogen) atoms. The second-order valence-electron chi connectivity index (χ2n) is 5.02. The molecule has 0 amide bonds. The molecule has 4 heteroatoms. The first-order chi connectivity index (χ1) is 10.2. The highest BCUT2D eigenvalue weighted by Gasteiger charge is 2.14. The molecule has 0 fully saturated rings. The van der Waals surface area contributed by atoms with Gasteiger partial charge in [-0.05, 0) is 51.8 Å². The highest BCUT2D eigenvalue weighted by Crippen LogP contribution is 2.33. The van der Waals surface area contributed by atoms with Gasteiger partial charge in [-0.15, -0.1) is 11.3 Å². The summed E-state index contributed by atoms with van der Waals surface area (Å²) in [5, 5.41) is 12.9. The number of rotatable bonds is 2. The van der Waals surface area contributed by atoms with E-state index in [1.165, 1.54) is 5.39 Å². The molecular formula is C17H12BrNOS. The summed E-state index contributed by atoms with van der Waals surface area (Å²) < 4.78 is 1.03. The summed E-state index contributed by atoms with van der Waals surface area (Å²) in [6.45, 7) is 0. The van der Waals surface area contributed by atoms with Crippen LogP contribution in [0, 0.1) is 0 Å². The Kier molecular flexibility index (Phi) is 3.10. The third-order valence-electron chi connectivity index (χ3n) is 3.71. The number of nitrogens with one attached hydrogen (secondary N) is 1. The number of benzene rings is 2. The first-order valence-corrected chi connectivity index (χ1v) is 8.27. The molecule has 4 rings (SSSR count). The van der Waals surface area contributed by atoms with Crippen molar-refractivity contribution in [1.82, 2.24) is 4.98 Å². The Labute approximate surface area is 134 Å². The van der Waals surface area contributed by atoms with E-state index in [0.717, 1.165) is 30.6 Å². The topological polar surface area (TPSA) is 36.0 Å². The van der Waals surface area contributed by atoms with Crippen molar-refractivity contribution in [3.8, 4) is 0 Å². The van der Waals surface area contributed by atoms with E-state index in [0.29, 0.717) is 0 Å².